The lowest BCUT2D eigenvalue weighted by atomic mass is 10.2. The van der Waals surface area contributed by atoms with Gasteiger partial charge in [0.05, 0.1) is 17.9 Å². The molecule has 138 valence electrons. The standard InChI is InChI=1S/C18H25NO5S/c1-4-5-10-23-17(21)11-24-18(22)14-8-6-7-9-15(14)25-12-16(20)19-13(2)3/h6-9,13H,4-5,10-12H2,1-3H3,(H,19,20). The molecule has 0 spiro atoms. The van der Waals surface area contributed by atoms with Crippen LogP contribution in [0.15, 0.2) is 29.2 Å². The molecule has 0 atom stereocenters. The van der Waals surface area contributed by atoms with Crippen LogP contribution >= 0.6 is 11.8 Å². The predicted octanol–water partition coefficient (Wildman–Crippen LogP) is 2.80. The van der Waals surface area contributed by atoms with E-state index in [4.69, 9.17) is 9.47 Å². The number of thioether (sulfide) groups is 1. The van der Waals surface area contributed by atoms with Crippen molar-refractivity contribution in [3.8, 4) is 0 Å². The fourth-order valence-electron chi connectivity index (χ4n) is 1.84. The molecule has 0 radical (unpaired) electrons. The largest absolute Gasteiger partial charge is 0.463 e. The molecule has 0 bridgehead atoms. The second-order valence-electron chi connectivity index (χ2n) is 5.66. The Kier molecular flexibility index (Phi) is 9.69. The summed E-state index contributed by atoms with van der Waals surface area (Å²) >= 11 is 1.25. The maximum absolute atomic E-state index is 12.2. The Morgan fingerprint density at radius 3 is 2.56 bits per heavy atom. The van der Waals surface area contributed by atoms with E-state index in [1.165, 1.54) is 11.8 Å². The van der Waals surface area contributed by atoms with Gasteiger partial charge in [-0.2, -0.15) is 0 Å². The Morgan fingerprint density at radius 2 is 1.88 bits per heavy atom. The highest BCUT2D eigenvalue weighted by Crippen LogP contribution is 2.23. The molecular weight excluding hydrogens is 342 g/mol. The van der Waals surface area contributed by atoms with Crippen molar-refractivity contribution >= 4 is 29.6 Å². The Morgan fingerprint density at radius 1 is 1.16 bits per heavy atom. The summed E-state index contributed by atoms with van der Waals surface area (Å²) in [6.07, 6.45) is 1.69. The van der Waals surface area contributed by atoms with Crippen molar-refractivity contribution in [2.24, 2.45) is 0 Å². The summed E-state index contributed by atoms with van der Waals surface area (Å²) in [6, 6.07) is 6.89. The van der Waals surface area contributed by atoms with Crippen LogP contribution in [0.1, 0.15) is 44.0 Å². The first-order valence-corrected chi connectivity index (χ1v) is 9.26. The van der Waals surface area contributed by atoms with Gasteiger partial charge >= 0.3 is 11.9 Å². The van der Waals surface area contributed by atoms with E-state index in [-0.39, 0.29) is 17.7 Å². The van der Waals surface area contributed by atoms with Gasteiger partial charge < -0.3 is 14.8 Å². The number of rotatable bonds is 10. The molecule has 0 aromatic heterocycles. The summed E-state index contributed by atoms with van der Waals surface area (Å²) in [7, 11) is 0. The SMILES string of the molecule is CCCCOC(=O)COC(=O)c1ccccc1SCC(=O)NC(C)C. The highest BCUT2D eigenvalue weighted by Gasteiger charge is 2.16. The van der Waals surface area contributed by atoms with Crippen molar-refractivity contribution in [2.75, 3.05) is 19.0 Å². The van der Waals surface area contributed by atoms with Gasteiger partial charge in [-0.1, -0.05) is 25.5 Å². The zero-order valence-corrected chi connectivity index (χ0v) is 15.7. The van der Waals surface area contributed by atoms with Gasteiger partial charge in [0.25, 0.3) is 0 Å². The van der Waals surface area contributed by atoms with Gasteiger partial charge in [-0.25, -0.2) is 9.59 Å². The van der Waals surface area contributed by atoms with Crippen LogP contribution in [0, 0.1) is 0 Å². The molecule has 0 saturated carbocycles. The fraction of sp³-hybridized carbons (Fsp3) is 0.500. The van der Waals surface area contributed by atoms with E-state index in [9.17, 15) is 14.4 Å². The second-order valence-corrected chi connectivity index (χ2v) is 6.67. The van der Waals surface area contributed by atoms with Gasteiger partial charge in [0.15, 0.2) is 6.61 Å². The number of esters is 2. The van der Waals surface area contributed by atoms with Crippen LogP contribution < -0.4 is 5.32 Å². The maximum Gasteiger partial charge on any atom is 0.344 e. The minimum Gasteiger partial charge on any atom is -0.463 e. The van der Waals surface area contributed by atoms with Crippen molar-refractivity contribution in [3.63, 3.8) is 0 Å². The number of nitrogens with one attached hydrogen (secondary N) is 1. The number of amides is 1. The molecule has 1 amide bonds. The first-order valence-electron chi connectivity index (χ1n) is 8.28. The van der Waals surface area contributed by atoms with Crippen LogP contribution in [-0.4, -0.2) is 42.9 Å². The Bertz CT molecular complexity index is 589. The van der Waals surface area contributed by atoms with Crippen molar-refractivity contribution < 1.29 is 23.9 Å². The molecule has 1 aromatic carbocycles. The molecule has 0 unspecified atom stereocenters. The fourth-order valence-corrected chi connectivity index (χ4v) is 2.69. The van der Waals surface area contributed by atoms with Crippen LogP contribution in [0.5, 0.6) is 0 Å². The minimum absolute atomic E-state index is 0.0621. The zero-order chi connectivity index (χ0) is 18.7. The van der Waals surface area contributed by atoms with Gasteiger partial charge in [-0.15, -0.1) is 11.8 Å². The topological polar surface area (TPSA) is 81.7 Å². The number of carbonyl (C=O) groups is 3. The van der Waals surface area contributed by atoms with Crippen LogP contribution in [0.25, 0.3) is 0 Å². The second kappa shape index (κ2) is 11.5. The number of hydrogen-bond donors (Lipinski definition) is 1. The molecule has 1 N–H and O–H groups in total. The summed E-state index contributed by atoms with van der Waals surface area (Å²) < 4.78 is 9.95. The lowest BCUT2D eigenvalue weighted by molar-refractivity contribution is -0.147. The summed E-state index contributed by atoms with van der Waals surface area (Å²) in [4.78, 5) is 36.0. The van der Waals surface area contributed by atoms with E-state index >= 15 is 0 Å². The summed E-state index contributed by atoms with van der Waals surface area (Å²) in [5, 5.41) is 2.79. The average Bonchev–Trinajstić information content (AvgIpc) is 2.57. The van der Waals surface area contributed by atoms with Crippen LogP contribution in [0.3, 0.4) is 0 Å². The third-order valence-electron chi connectivity index (χ3n) is 3.00. The van der Waals surface area contributed by atoms with E-state index in [1.807, 2.05) is 20.8 Å². The monoisotopic (exact) mass is 367 g/mol. The van der Waals surface area contributed by atoms with Gasteiger partial charge in [0.1, 0.15) is 0 Å². The lowest BCUT2D eigenvalue weighted by Crippen LogP contribution is -2.31. The van der Waals surface area contributed by atoms with E-state index in [2.05, 4.69) is 5.32 Å². The average molecular weight is 367 g/mol. The van der Waals surface area contributed by atoms with Crippen molar-refractivity contribution in [2.45, 2.75) is 44.6 Å². The quantitative estimate of drug-likeness (QED) is 0.389. The highest BCUT2D eigenvalue weighted by molar-refractivity contribution is 8.00. The zero-order valence-electron chi connectivity index (χ0n) is 14.9. The third-order valence-corrected chi connectivity index (χ3v) is 4.07. The molecule has 0 fully saturated rings. The van der Waals surface area contributed by atoms with Crippen molar-refractivity contribution in [1.82, 2.24) is 5.32 Å². The van der Waals surface area contributed by atoms with Gasteiger partial charge in [0.2, 0.25) is 5.91 Å². The highest BCUT2D eigenvalue weighted by atomic mass is 32.2. The van der Waals surface area contributed by atoms with Crippen LogP contribution in [-0.2, 0) is 19.1 Å². The summed E-state index contributed by atoms with van der Waals surface area (Å²) in [6.45, 7) is 5.66. The molecule has 1 rings (SSSR count). The Balaban J connectivity index is 2.55. The molecule has 0 aliphatic carbocycles. The number of ether oxygens (including phenoxy) is 2. The third kappa shape index (κ3) is 8.58. The van der Waals surface area contributed by atoms with Gasteiger partial charge in [-0.3, -0.25) is 4.79 Å². The van der Waals surface area contributed by atoms with E-state index in [1.54, 1.807) is 24.3 Å². The van der Waals surface area contributed by atoms with Crippen molar-refractivity contribution in [3.05, 3.63) is 29.8 Å². The molecule has 0 aliphatic heterocycles. The van der Waals surface area contributed by atoms with Gasteiger partial charge in [-0.05, 0) is 32.4 Å². The first-order chi connectivity index (χ1) is 11.9. The number of benzene rings is 1. The summed E-state index contributed by atoms with van der Waals surface area (Å²) in [5.74, 6) is -1.09. The number of hydrogen-bond acceptors (Lipinski definition) is 6. The molecule has 0 aliphatic rings. The van der Waals surface area contributed by atoms with Crippen molar-refractivity contribution in [1.29, 1.82) is 0 Å². The van der Waals surface area contributed by atoms with Crippen LogP contribution in [0.2, 0.25) is 0 Å². The molecule has 0 heterocycles. The van der Waals surface area contributed by atoms with E-state index < -0.39 is 18.5 Å². The Hall–Kier alpha value is -2.02. The summed E-state index contributed by atoms with van der Waals surface area (Å²) in [5.41, 5.74) is 0.325. The normalized spacial score (nSPS) is 10.4. The lowest BCUT2D eigenvalue weighted by Gasteiger charge is -2.10. The maximum atomic E-state index is 12.2. The molecule has 6 nitrogen and oxygen atoms in total. The van der Waals surface area contributed by atoms with E-state index in [0.717, 1.165) is 12.8 Å². The smallest absolute Gasteiger partial charge is 0.344 e. The Labute approximate surface area is 152 Å². The van der Waals surface area contributed by atoms with Crippen LogP contribution in [0.4, 0.5) is 0 Å². The minimum atomic E-state index is -0.611. The molecule has 0 saturated heterocycles. The van der Waals surface area contributed by atoms with Gasteiger partial charge in [0, 0.05) is 10.9 Å². The first kappa shape index (κ1) is 21.0. The molecule has 7 heteroatoms. The number of unbranched alkanes of at least 4 members (excludes halogenated alkanes) is 1. The predicted molar refractivity (Wildman–Crippen MR) is 96.6 cm³/mol. The molecule has 25 heavy (non-hydrogen) atoms. The van der Waals surface area contributed by atoms with E-state index in [0.29, 0.717) is 17.1 Å². The number of carbonyl (C=O) groups excluding carboxylic acids is 3. The molecule has 1 aromatic rings. The molecular formula is C18H25NO5S.